The van der Waals surface area contributed by atoms with Crippen molar-refractivity contribution in [3.8, 4) is 22.4 Å². The first kappa shape index (κ1) is 21.0. The third-order valence-electron chi connectivity index (χ3n) is 4.68. The number of benzene rings is 2. The van der Waals surface area contributed by atoms with Crippen LogP contribution in [0.4, 0.5) is 0 Å². The highest BCUT2D eigenvalue weighted by molar-refractivity contribution is 6.33. The number of aromatic nitrogens is 2. The minimum atomic E-state index is 0.629. The molecule has 0 bridgehead atoms. The molecule has 0 unspecified atom stereocenters. The number of nitrogens with zero attached hydrogens (tertiary/aromatic N) is 4. The second-order valence-electron chi connectivity index (χ2n) is 6.60. The highest BCUT2D eigenvalue weighted by atomic mass is 35.5. The first-order valence-electron chi connectivity index (χ1n) is 9.28. The van der Waals surface area contributed by atoms with E-state index in [0.717, 1.165) is 28.8 Å². The van der Waals surface area contributed by atoms with E-state index in [1.807, 2.05) is 66.2 Å². The van der Waals surface area contributed by atoms with E-state index in [1.54, 1.807) is 0 Å². The van der Waals surface area contributed by atoms with Gasteiger partial charge in [0.15, 0.2) is 5.49 Å². The smallest absolute Gasteiger partial charge is 0.172 e. The van der Waals surface area contributed by atoms with Crippen LogP contribution >= 0.6 is 23.2 Å². The summed E-state index contributed by atoms with van der Waals surface area (Å²) in [4.78, 5) is 0. The molecule has 148 valence electrons. The van der Waals surface area contributed by atoms with E-state index in [1.165, 1.54) is 5.57 Å². The van der Waals surface area contributed by atoms with E-state index in [4.69, 9.17) is 28.3 Å². The summed E-state index contributed by atoms with van der Waals surface area (Å²) in [7, 11) is 0. The molecular weight excluding hydrogens is 403 g/mol. The SMILES string of the molecule is C=N/N=c1/cc(-c2ccc(Cl)cc2)c(-c2ccccc2Cl)nn1CC/C(C)=C/C. The second kappa shape index (κ2) is 9.68. The number of hydrogen-bond acceptors (Lipinski definition) is 3. The number of halogens is 2. The van der Waals surface area contributed by atoms with Gasteiger partial charge in [-0.05, 0) is 50.1 Å². The largest absolute Gasteiger partial charge is 0.245 e. The Labute approximate surface area is 180 Å². The maximum atomic E-state index is 6.52. The number of allylic oxidation sites excluding steroid dienone is 2. The van der Waals surface area contributed by atoms with E-state index in [0.29, 0.717) is 22.1 Å². The maximum Gasteiger partial charge on any atom is 0.172 e. The van der Waals surface area contributed by atoms with Crippen LogP contribution in [0, 0.1) is 0 Å². The molecule has 1 aromatic heterocycles. The molecular formula is C23H22Cl2N4. The van der Waals surface area contributed by atoms with Crippen molar-refractivity contribution in [3.05, 3.63) is 81.8 Å². The van der Waals surface area contributed by atoms with Gasteiger partial charge in [0.25, 0.3) is 0 Å². The van der Waals surface area contributed by atoms with E-state index in [2.05, 4.69) is 29.9 Å². The monoisotopic (exact) mass is 424 g/mol. The molecule has 3 aromatic rings. The Balaban J connectivity index is 2.27. The van der Waals surface area contributed by atoms with Crippen molar-refractivity contribution in [1.29, 1.82) is 0 Å². The molecule has 0 aliphatic carbocycles. The number of rotatable bonds is 6. The summed E-state index contributed by atoms with van der Waals surface area (Å²) >= 11 is 12.6. The van der Waals surface area contributed by atoms with Crippen LogP contribution in [-0.2, 0) is 6.54 Å². The van der Waals surface area contributed by atoms with Crippen molar-refractivity contribution in [2.24, 2.45) is 10.2 Å². The highest BCUT2D eigenvalue weighted by Gasteiger charge is 2.15. The third kappa shape index (κ3) is 5.03. The fourth-order valence-corrected chi connectivity index (χ4v) is 3.29. The van der Waals surface area contributed by atoms with Crippen molar-refractivity contribution >= 4 is 29.9 Å². The lowest BCUT2D eigenvalue weighted by Gasteiger charge is -2.15. The van der Waals surface area contributed by atoms with Crippen LogP contribution in [0.3, 0.4) is 0 Å². The standard InChI is InChI=1S/C23H22Cl2N4/c1-4-16(2)13-14-29-22(27-26-3)15-20(17-9-11-18(24)12-10-17)23(28-29)19-7-5-6-8-21(19)25/h4-12,15H,3,13-14H2,1-2H3/b16-4+,27-22-. The molecule has 1 heterocycles. The molecule has 0 spiro atoms. The Morgan fingerprint density at radius 3 is 2.48 bits per heavy atom. The van der Waals surface area contributed by atoms with Gasteiger partial charge in [-0.25, -0.2) is 4.68 Å². The Kier molecular flexibility index (Phi) is 7.02. The van der Waals surface area contributed by atoms with Gasteiger partial charge in [-0.15, -0.1) is 5.10 Å². The van der Waals surface area contributed by atoms with Crippen LogP contribution < -0.4 is 5.49 Å². The Bertz CT molecular complexity index is 1110. The van der Waals surface area contributed by atoms with Gasteiger partial charge >= 0.3 is 0 Å². The zero-order chi connectivity index (χ0) is 20.8. The van der Waals surface area contributed by atoms with Crippen LogP contribution in [-0.4, -0.2) is 16.5 Å². The van der Waals surface area contributed by atoms with Crippen LogP contribution in [0.25, 0.3) is 22.4 Å². The van der Waals surface area contributed by atoms with Gasteiger partial charge in [-0.2, -0.15) is 10.2 Å². The lowest BCUT2D eigenvalue weighted by atomic mass is 10.00. The minimum absolute atomic E-state index is 0.629. The fourth-order valence-electron chi connectivity index (χ4n) is 2.94. The molecule has 2 aromatic carbocycles. The highest BCUT2D eigenvalue weighted by Crippen LogP contribution is 2.34. The lowest BCUT2D eigenvalue weighted by molar-refractivity contribution is 0.567. The van der Waals surface area contributed by atoms with Crippen LogP contribution in [0.2, 0.25) is 10.0 Å². The van der Waals surface area contributed by atoms with E-state index < -0.39 is 0 Å². The van der Waals surface area contributed by atoms with Gasteiger partial charge in [0.05, 0.1) is 5.02 Å². The minimum Gasteiger partial charge on any atom is -0.245 e. The summed E-state index contributed by atoms with van der Waals surface area (Å²) in [6.45, 7) is 8.31. The summed E-state index contributed by atoms with van der Waals surface area (Å²) in [5.41, 5.74) is 5.40. The Hall–Kier alpha value is -2.69. The molecule has 0 aliphatic rings. The van der Waals surface area contributed by atoms with Gasteiger partial charge in [-0.1, -0.05) is 65.2 Å². The molecule has 0 aliphatic heterocycles. The molecule has 3 rings (SSSR count). The molecule has 0 radical (unpaired) electrons. The molecule has 29 heavy (non-hydrogen) atoms. The first-order chi connectivity index (χ1) is 14.0. The molecule has 6 heteroatoms. The van der Waals surface area contributed by atoms with Crippen molar-refractivity contribution in [3.63, 3.8) is 0 Å². The van der Waals surface area contributed by atoms with Crippen LogP contribution in [0.1, 0.15) is 20.3 Å². The summed E-state index contributed by atoms with van der Waals surface area (Å²) in [6, 6.07) is 17.3. The van der Waals surface area contributed by atoms with Crippen molar-refractivity contribution in [2.45, 2.75) is 26.8 Å². The molecule has 0 atom stereocenters. The average Bonchev–Trinajstić information content (AvgIpc) is 2.73. The van der Waals surface area contributed by atoms with E-state index >= 15 is 0 Å². The predicted octanol–water partition coefficient (Wildman–Crippen LogP) is 6.40. The molecule has 0 amide bonds. The summed E-state index contributed by atoms with van der Waals surface area (Å²) in [5, 5.41) is 14.2. The summed E-state index contributed by atoms with van der Waals surface area (Å²) < 4.78 is 1.85. The lowest BCUT2D eigenvalue weighted by Crippen LogP contribution is -2.25. The molecule has 0 fully saturated rings. The van der Waals surface area contributed by atoms with Crippen molar-refractivity contribution in [2.75, 3.05) is 0 Å². The third-order valence-corrected chi connectivity index (χ3v) is 5.26. The predicted molar refractivity (Wildman–Crippen MR) is 122 cm³/mol. The second-order valence-corrected chi connectivity index (χ2v) is 7.44. The van der Waals surface area contributed by atoms with Gasteiger partial charge in [0.2, 0.25) is 0 Å². The van der Waals surface area contributed by atoms with Crippen LogP contribution in [0.5, 0.6) is 0 Å². The summed E-state index contributed by atoms with van der Waals surface area (Å²) in [6.07, 6.45) is 2.95. The molecule has 0 N–H and O–H groups in total. The van der Waals surface area contributed by atoms with Crippen molar-refractivity contribution < 1.29 is 0 Å². The zero-order valence-corrected chi connectivity index (χ0v) is 18.0. The van der Waals surface area contributed by atoms with E-state index in [9.17, 15) is 0 Å². The number of aryl methyl sites for hydroxylation is 1. The zero-order valence-electron chi connectivity index (χ0n) is 16.4. The Morgan fingerprint density at radius 1 is 1.10 bits per heavy atom. The summed E-state index contributed by atoms with van der Waals surface area (Å²) in [5.74, 6) is 0. The normalized spacial score (nSPS) is 12.3. The van der Waals surface area contributed by atoms with Crippen molar-refractivity contribution in [1.82, 2.24) is 9.78 Å². The Morgan fingerprint density at radius 2 is 1.83 bits per heavy atom. The van der Waals surface area contributed by atoms with Gasteiger partial charge < -0.3 is 0 Å². The average molecular weight is 425 g/mol. The first-order valence-corrected chi connectivity index (χ1v) is 10.0. The quantitative estimate of drug-likeness (QED) is 0.256. The van der Waals surface area contributed by atoms with Crippen LogP contribution in [0.15, 0.2) is 76.4 Å². The fraction of sp³-hybridized carbons (Fsp3) is 0.174. The van der Waals surface area contributed by atoms with E-state index in [-0.39, 0.29) is 0 Å². The van der Waals surface area contributed by atoms with Gasteiger partial charge in [-0.3, -0.25) is 0 Å². The number of hydrogen-bond donors (Lipinski definition) is 0. The molecule has 4 nitrogen and oxygen atoms in total. The molecule has 0 saturated carbocycles. The topological polar surface area (TPSA) is 42.5 Å². The van der Waals surface area contributed by atoms with Gasteiger partial charge in [0, 0.05) is 29.4 Å². The maximum absolute atomic E-state index is 6.52. The molecule has 0 saturated heterocycles. The van der Waals surface area contributed by atoms with Gasteiger partial charge in [0.1, 0.15) is 5.69 Å².